The van der Waals surface area contributed by atoms with Gasteiger partial charge in [0.15, 0.2) is 0 Å². The zero-order valence-corrected chi connectivity index (χ0v) is 8.04. The molecule has 0 rings (SSSR count). The number of rotatable bonds is 5. The Morgan fingerprint density at radius 3 is 2.67 bits per heavy atom. The molecular formula is C9H17NO2. The quantitative estimate of drug-likeness (QED) is 0.464. The molecule has 0 radical (unpaired) electrons. The molecule has 0 aliphatic rings. The van der Waals surface area contributed by atoms with Crippen molar-refractivity contribution in [3.8, 4) is 0 Å². The van der Waals surface area contributed by atoms with Crippen LogP contribution in [0.5, 0.6) is 0 Å². The molecule has 1 amide bonds. The molecule has 0 N–H and O–H groups in total. The van der Waals surface area contributed by atoms with E-state index in [1.54, 1.807) is 13.1 Å². The van der Waals surface area contributed by atoms with Crippen molar-refractivity contribution in [1.82, 2.24) is 5.06 Å². The molecule has 0 bridgehead atoms. The van der Waals surface area contributed by atoms with Gasteiger partial charge in [-0.15, -0.1) is 6.58 Å². The van der Waals surface area contributed by atoms with Crippen molar-refractivity contribution in [3.63, 3.8) is 0 Å². The van der Waals surface area contributed by atoms with E-state index in [4.69, 9.17) is 4.84 Å². The fourth-order valence-corrected chi connectivity index (χ4v) is 0.990. The van der Waals surface area contributed by atoms with Gasteiger partial charge in [-0.05, 0) is 12.8 Å². The topological polar surface area (TPSA) is 29.5 Å². The maximum Gasteiger partial charge on any atom is 0.249 e. The SMILES string of the molecule is C=CCC(CC)C(=O)N(C)OC. The van der Waals surface area contributed by atoms with Gasteiger partial charge in [-0.25, -0.2) is 5.06 Å². The minimum atomic E-state index is 0.00690. The summed E-state index contributed by atoms with van der Waals surface area (Å²) in [5, 5.41) is 1.26. The first-order valence-electron chi connectivity index (χ1n) is 4.09. The Kier molecular flexibility index (Phi) is 5.37. The predicted octanol–water partition coefficient (Wildman–Crippen LogP) is 1.61. The second-order valence-corrected chi connectivity index (χ2v) is 2.65. The van der Waals surface area contributed by atoms with E-state index in [-0.39, 0.29) is 11.8 Å². The van der Waals surface area contributed by atoms with E-state index < -0.39 is 0 Å². The Bertz CT molecular complexity index is 157. The summed E-state index contributed by atoms with van der Waals surface area (Å²) in [6.45, 7) is 5.59. The number of carbonyl (C=O) groups excluding carboxylic acids is 1. The minimum absolute atomic E-state index is 0.00690. The van der Waals surface area contributed by atoms with Gasteiger partial charge in [0.05, 0.1) is 7.11 Å². The van der Waals surface area contributed by atoms with Crippen LogP contribution >= 0.6 is 0 Å². The lowest BCUT2D eigenvalue weighted by Gasteiger charge is -2.19. The lowest BCUT2D eigenvalue weighted by molar-refractivity contribution is -0.173. The molecule has 0 aromatic heterocycles. The average Bonchev–Trinajstić information content (AvgIpc) is 2.11. The van der Waals surface area contributed by atoms with Crippen LogP contribution in [0.15, 0.2) is 12.7 Å². The second kappa shape index (κ2) is 5.77. The standard InChI is InChI=1S/C9H17NO2/c1-5-7-8(6-2)9(11)10(3)12-4/h5,8H,1,6-7H2,2-4H3. The van der Waals surface area contributed by atoms with E-state index in [1.807, 2.05) is 6.92 Å². The number of amides is 1. The molecule has 0 fully saturated rings. The lowest BCUT2D eigenvalue weighted by Crippen LogP contribution is -2.31. The van der Waals surface area contributed by atoms with Crippen molar-refractivity contribution in [2.75, 3.05) is 14.2 Å². The number of nitrogens with zero attached hydrogens (tertiary/aromatic N) is 1. The van der Waals surface area contributed by atoms with Crippen LogP contribution in [0, 0.1) is 5.92 Å². The summed E-state index contributed by atoms with van der Waals surface area (Å²) < 4.78 is 0. The molecule has 1 unspecified atom stereocenters. The smallest absolute Gasteiger partial charge is 0.249 e. The summed E-state index contributed by atoms with van der Waals surface area (Å²) in [5.41, 5.74) is 0. The molecule has 3 heteroatoms. The van der Waals surface area contributed by atoms with Gasteiger partial charge in [-0.1, -0.05) is 13.0 Å². The first kappa shape index (κ1) is 11.2. The Morgan fingerprint density at radius 2 is 2.33 bits per heavy atom. The molecule has 0 aliphatic carbocycles. The number of hydroxylamine groups is 2. The van der Waals surface area contributed by atoms with E-state index >= 15 is 0 Å². The van der Waals surface area contributed by atoms with Gasteiger partial charge >= 0.3 is 0 Å². The zero-order chi connectivity index (χ0) is 9.56. The van der Waals surface area contributed by atoms with E-state index in [0.717, 1.165) is 6.42 Å². The number of hydrogen-bond acceptors (Lipinski definition) is 2. The van der Waals surface area contributed by atoms with Gasteiger partial charge in [0.2, 0.25) is 5.91 Å². The van der Waals surface area contributed by atoms with Crippen LogP contribution < -0.4 is 0 Å². The second-order valence-electron chi connectivity index (χ2n) is 2.65. The van der Waals surface area contributed by atoms with E-state index in [2.05, 4.69) is 6.58 Å². The van der Waals surface area contributed by atoms with Crippen molar-refractivity contribution in [3.05, 3.63) is 12.7 Å². The monoisotopic (exact) mass is 171 g/mol. The lowest BCUT2D eigenvalue weighted by atomic mass is 10.0. The zero-order valence-electron chi connectivity index (χ0n) is 8.04. The fraction of sp³-hybridized carbons (Fsp3) is 0.667. The third-order valence-corrected chi connectivity index (χ3v) is 1.88. The van der Waals surface area contributed by atoms with Gasteiger partial charge in [-0.2, -0.15) is 0 Å². The van der Waals surface area contributed by atoms with Crippen LogP contribution in [-0.2, 0) is 9.63 Å². The Hall–Kier alpha value is -0.830. The van der Waals surface area contributed by atoms with Crippen LogP contribution in [0.4, 0.5) is 0 Å². The molecule has 0 saturated carbocycles. The third kappa shape index (κ3) is 3.05. The molecule has 0 aliphatic heterocycles. The van der Waals surface area contributed by atoms with Crippen molar-refractivity contribution in [2.45, 2.75) is 19.8 Å². The highest BCUT2D eigenvalue weighted by Gasteiger charge is 2.18. The summed E-state index contributed by atoms with van der Waals surface area (Å²) >= 11 is 0. The molecule has 1 atom stereocenters. The number of allylic oxidation sites excluding steroid dienone is 1. The molecule has 0 spiro atoms. The number of carbonyl (C=O) groups is 1. The van der Waals surface area contributed by atoms with Gasteiger partial charge in [0.25, 0.3) is 0 Å². The molecular weight excluding hydrogens is 154 g/mol. The van der Waals surface area contributed by atoms with E-state index in [9.17, 15) is 4.79 Å². The highest BCUT2D eigenvalue weighted by atomic mass is 16.7. The molecule has 0 heterocycles. The van der Waals surface area contributed by atoms with Crippen LogP contribution in [-0.4, -0.2) is 25.1 Å². The van der Waals surface area contributed by atoms with Crippen LogP contribution in [0.1, 0.15) is 19.8 Å². The van der Waals surface area contributed by atoms with E-state index in [0.29, 0.717) is 6.42 Å². The van der Waals surface area contributed by atoms with Crippen LogP contribution in [0.2, 0.25) is 0 Å². The number of hydrogen-bond donors (Lipinski definition) is 0. The normalized spacial score (nSPS) is 12.2. The van der Waals surface area contributed by atoms with Crippen molar-refractivity contribution in [1.29, 1.82) is 0 Å². The highest BCUT2D eigenvalue weighted by molar-refractivity contribution is 5.77. The molecule has 3 nitrogen and oxygen atoms in total. The van der Waals surface area contributed by atoms with Crippen LogP contribution in [0.3, 0.4) is 0 Å². The Labute approximate surface area is 74.0 Å². The van der Waals surface area contributed by atoms with Gasteiger partial charge in [0, 0.05) is 13.0 Å². The molecule has 0 saturated heterocycles. The average molecular weight is 171 g/mol. The Morgan fingerprint density at radius 1 is 1.75 bits per heavy atom. The van der Waals surface area contributed by atoms with Crippen molar-refractivity contribution >= 4 is 5.91 Å². The van der Waals surface area contributed by atoms with Gasteiger partial charge in [0.1, 0.15) is 0 Å². The largest absolute Gasteiger partial charge is 0.275 e. The summed E-state index contributed by atoms with van der Waals surface area (Å²) in [4.78, 5) is 16.2. The first-order chi connectivity index (χ1) is 5.67. The van der Waals surface area contributed by atoms with Gasteiger partial charge < -0.3 is 0 Å². The fourth-order valence-electron chi connectivity index (χ4n) is 0.990. The maximum absolute atomic E-state index is 11.4. The van der Waals surface area contributed by atoms with Gasteiger partial charge in [-0.3, -0.25) is 9.63 Å². The first-order valence-corrected chi connectivity index (χ1v) is 4.09. The minimum Gasteiger partial charge on any atom is -0.275 e. The molecule has 12 heavy (non-hydrogen) atoms. The summed E-state index contributed by atoms with van der Waals surface area (Å²) in [6.07, 6.45) is 3.29. The summed E-state index contributed by atoms with van der Waals surface area (Å²) in [7, 11) is 3.10. The van der Waals surface area contributed by atoms with Crippen LogP contribution in [0.25, 0.3) is 0 Å². The highest BCUT2D eigenvalue weighted by Crippen LogP contribution is 2.11. The Balaban J connectivity index is 4.10. The maximum atomic E-state index is 11.4. The third-order valence-electron chi connectivity index (χ3n) is 1.88. The molecule has 0 aromatic carbocycles. The summed E-state index contributed by atoms with van der Waals surface area (Å²) in [6, 6.07) is 0. The molecule has 70 valence electrons. The molecule has 0 aromatic rings. The van der Waals surface area contributed by atoms with Crippen molar-refractivity contribution in [2.24, 2.45) is 5.92 Å². The van der Waals surface area contributed by atoms with E-state index in [1.165, 1.54) is 12.2 Å². The summed E-state index contributed by atoms with van der Waals surface area (Å²) in [5.74, 6) is 0.0207. The predicted molar refractivity (Wildman–Crippen MR) is 48.4 cm³/mol. The van der Waals surface area contributed by atoms with Crippen molar-refractivity contribution < 1.29 is 9.63 Å².